The van der Waals surface area contributed by atoms with E-state index in [-0.39, 0.29) is 43.8 Å². The predicted octanol–water partition coefficient (Wildman–Crippen LogP) is 3.11. The topological polar surface area (TPSA) is 110 Å². The number of rotatable bonds is 18. The summed E-state index contributed by atoms with van der Waals surface area (Å²) in [5.74, 6) is 0.671. The number of amides is 1. The van der Waals surface area contributed by atoms with Crippen molar-refractivity contribution in [2.45, 2.75) is 53.4 Å². The third-order valence-electron chi connectivity index (χ3n) is 4.51. The molecule has 1 amide bonds. The third kappa shape index (κ3) is 13.7. The SMILES string of the molecule is CC(COc1ccc(COCCOC(C)C)cc1)CN(C(=O)COCCO[N+](=O)[O-])C(C)C. The quantitative estimate of drug-likeness (QED) is 0.183. The molecule has 1 unspecified atom stereocenters. The molecule has 0 aliphatic carbocycles. The zero-order chi connectivity index (χ0) is 24.6. The molecule has 0 aromatic heterocycles. The minimum absolute atomic E-state index is 0.0104. The van der Waals surface area contributed by atoms with E-state index >= 15 is 0 Å². The lowest BCUT2D eigenvalue weighted by Gasteiger charge is -2.29. The van der Waals surface area contributed by atoms with Crippen LogP contribution in [-0.4, -0.2) is 74.2 Å². The molecule has 1 aromatic carbocycles. The maximum absolute atomic E-state index is 12.5. The Morgan fingerprint density at radius 2 is 1.67 bits per heavy atom. The number of carbonyl (C=O) groups is 1. The Morgan fingerprint density at radius 3 is 2.27 bits per heavy atom. The second-order valence-corrected chi connectivity index (χ2v) is 8.28. The van der Waals surface area contributed by atoms with Gasteiger partial charge in [-0.1, -0.05) is 19.1 Å². The number of hydrogen-bond acceptors (Lipinski definition) is 8. The van der Waals surface area contributed by atoms with Crippen molar-refractivity contribution < 1.29 is 33.7 Å². The highest BCUT2D eigenvalue weighted by Crippen LogP contribution is 2.15. The van der Waals surface area contributed by atoms with Gasteiger partial charge < -0.3 is 28.7 Å². The summed E-state index contributed by atoms with van der Waals surface area (Å²) < 4.78 is 22.1. The van der Waals surface area contributed by atoms with E-state index in [1.807, 2.05) is 58.9 Å². The van der Waals surface area contributed by atoms with Crippen LogP contribution in [0.1, 0.15) is 40.2 Å². The van der Waals surface area contributed by atoms with Crippen molar-refractivity contribution in [3.8, 4) is 5.75 Å². The fraction of sp³-hybridized carbons (Fsp3) is 0.696. The molecular formula is C23H38N2O8. The van der Waals surface area contributed by atoms with E-state index in [2.05, 4.69) is 4.84 Å². The summed E-state index contributed by atoms with van der Waals surface area (Å²) in [5, 5.41) is 9.22. The van der Waals surface area contributed by atoms with Crippen molar-refractivity contribution in [3.63, 3.8) is 0 Å². The van der Waals surface area contributed by atoms with Gasteiger partial charge in [0.05, 0.1) is 39.1 Å². The van der Waals surface area contributed by atoms with Crippen LogP contribution in [0.3, 0.4) is 0 Å². The van der Waals surface area contributed by atoms with Crippen molar-refractivity contribution in [2.75, 3.05) is 46.2 Å². The smallest absolute Gasteiger partial charge is 0.294 e. The number of benzene rings is 1. The average molecular weight is 471 g/mol. The van der Waals surface area contributed by atoms with E-state index in [1.165, 1.54) is 0 Å². The summed E-state index contributed by atoms with van der Waals surface area (Å²) in [6, 6.07) is 7.73. The molecule has 188 valence electrons. The normalized spacial score (nSPS) is 12.1. The fourth-order valence-corrected chi connectivity index (χ4v) is 2.86. The molecule has 0 bridgehead atoms. The van der Waals surface area contributed by atoms with Gasteiger partial charge in [-0.05, 0) is 45.4 Å². The van der Waals surface area contributed by atoms with Crippen molar-refractivity contribution in [1.82, 2.24) is 4.90 Å². The Bertz CT molecular complexity index is 682. The minimum atomic E-state index is -0.890. The van der Waals surface area contributed by atoms with Crippen molar-refractivity contribution >= 4 is 5.91 Å². The zero-order valence-electron chi connectivity index (χ0n) is 20.4. The van der Waals surface area contributed by atoms with Crippen LogP contribution < -0.4 is 4.74 Å². The highest BCUT2D eigenvalue weighted by molar-refractivity contribution is 5.77. The van der Waals surface area contributed by atoms with Gasteiger partial charge in [0, 0.05) is 18.5 Å². The summed E-state index contributed by atoms with van der Waals surface area (Å²) in [6.45, 7) is 12.1. The van der Waals surface area contributed by atoms with Crippen LogP contribution in [-0.2, 0) is 30.4 Å². The summed E-state index contributed by atoms with van der Waals surface area (Å²) >= 11 is 0. The molecule has 1 rings (SSSR count). The molecule has 1 aromatic rings. The summed E-state index contributed by atoms with van der Waals surface area (Å²) in [5.41, 5.74) is 1.06. The third-order valence-corrected chi connectivity index (χ3v) is 4.51. The molecule has 33 heavy (non-hydrogen) atoms. The fourth-order valence-electron chi connectivity index (χ4n) is 2.86. The van der Waals surface area contributed by atoms with Crippen LogP contribution in [0.15, 0.2) is 24.3 Å². The van der Waals surface area contributed by atoms with Gasteiger partial charge in [-0.15, -0.1) is 10.1 Å². The molecule has 10 nitrogen and oxygen atoms in total. The Balaban J connectivity index is 2.35. The van der Waals surface area contributed by atoms with E-state index in [9.17, 15) is 14.9 Å². The second kappa shape index (κ2) is 16.2. The lowest BCUT2D eigenvalue weighted by atomic mass is 10.1. The molecule has 10 heteroatoms. The van der Waals surface area contributed by atoms with Crippen LogP contribution in [0.25, 0.3) is 0 Å². The second-order valence-electron chi connectivity index (χ2n) is 8.28. The van der Waals surface area contributed by atoms with Crippen molar-refractivity contribution in [1.29, 1.82) is 0 Å². The van der Waals surface area contributed by atoms with Gasteiger partial charge in [0.1, 0.15) is 19.0 Å². The van der Waals surface area contributed by atoms with Gasteiger partial charge in [-0.25, -0.2) is 0 Å². The standard InChI is InChI=1S/C23H38N2O8/c1-18(2)24(23(26)17-30-11-13-33-25(27)28)14-20(5)15-32-22-8-6-21(7-9-22)16-29-10-12-31-19(3)4/h6-9,18-20H,10-17H2,1-5H3. The molecule has 0 fully saturated rings. The monoisotopic (exact) mass is 470 g/mol. The lowest BCUT2D eigenvalue weighted by molar-refractivity contribution is -0.758. The van der Waals surface area contributed by atoms with Crippen LogP contribution >= 0.6 is 0 Å². The van der Waals surface area contributed by atoms with E-state index in [0.717, 1.165) is 11.3 Å². The summed E-state index contributed by atoms with van der Waals surface area (Å²) in [6.07, 6.45) is 0.203. The minimum Gasteiger partial charge on any atom is -0.493 e. The molecule has 0 saturated carbocycles. The van der Waals surface area contributed by atoms with Gasteiger partial charge in [-0.2, -0.15) is 0 Å². The van der Waals surface area contributed by atoms with E-state index in [1.54, 1.807) is 4.90 Å². The largest absolute Gasteiger partial charge is 0.493 e. The van der Waals surface area contributed by atoms with Crippen LogP contribution in [0, 0.1) is 16.0 Å². The Labute approximate surface area is 196 Å². The molecule has 1 atom stereocenters. The van der Waals surface area contributed by atoms with Gasteiger partial charge in [0.15, 0.2) is 0 Å². The molecule has 0 N–H and O–H groups in total. The number of hydrogen-bond donors (Lipinski definition) is 0. The molecule has 0 aliphatic rings. The van der Waals surface area contributed by atoms with E-state index < -0.39 is 5.09 Å². The van der Waals surface area contributed by atoms with Crippen molar-refractivity contribution in [3.05, 3.63) is 39.9 Å². The average Bonchev–Trinajstić information content (AvgIpc) is 2.75. The van der Waals surface area contributed by atoms with E-state index in [4.69, 9.17) is 18.9 Å². The summed E-state index contributed by atoms with van der Waals surface area (Å²) in [7, 11) is 0. The van der Waals surface area contributed by atoms with Crippen LogP contribution in [0.4, 0.5) is 0 Å². The highest BCUT2D eigenvalue weighted by atomic mass is 17.0. The first-order valence-electron chi connectivity index (χ1n) is 11.2. The van der Waals surface area contributed by atoms with Gasteiger partial charge in [0.2, 0.25) is 5.91 Å². The van der Waals surface area contributed by atoms with Gasteiger partial charge >= 0.3 is 0 Å². The Kier molecular flexibility index (Phi) is 14.1. The maximum Gasteiger partial charge on any atom is 0.294 e. The first kappa shape index (κ1) is 28.6. The Morgan fingerprint density at radius 1 is 1.00 bits per heavy atom. The predicted molar refractivity (Wildman–Crippen MR) is 122 cm³/mol. The zero-order valence-corrected chi connectivity index (χ0v) is 20.4. The van der Waals surface area contributed by atoms with Crippen LogP contribution in [0.5, 0.6) is 5.75 Å². The number of ether oxygens (including phenoxy) is 4. The van der Waals surface area contributed by atoms with E-state index in [0.29, 0.717) is 33.0 Å². The lowest BCUT2D eigenvalue weighted by Crippen LogP contribution is -2.43. The first-order chi connectivity index (χ1) is 15.7. The maximum atomic E-state index is 12.5. The van der Waals surface area contributed by atoms with Gasteiger partial charge in [-0.3, -0.25) is 4.79 Å². The van der Waals surface area contributed by atoms with Gasteiger partial charge in [0.25, 0.3) is 5.09 Å². The highest BCUT2D eigenvalue weighted by Gasteiger charge is 2.20. The molecule has 0 aliphatic heterocycles. The van der Waals surface area contributed by atoms with Crippen LogP contribution in [0.2, 0.25) is 0 Å². The van der Waals surface area contributed by atoms with Crippen molar-refractivity contribution in [2.24, 2.45) is 5.92 Å². The Hall–Kier alpha value is -2.43. The molecule has 0 heterocycles. The molecule has 0 spiro atoms. The molecular weight excluding hydrogens is 432 g/mol. The number of nitrogens with zero attached hydrogens (tertiary/aromatic N) is 2. The molecule has 0 radical (unpaired) electrons. The first-order valence-corrected chi connectivity index (χ1v) is 11.2. The molecule has 0 saturated heterocycles. The number of carbonyl (C=O) groups excluding carboxylic acids is 1. The summed E-state index contributed by atoms with van der Waals surface area (Å²) in [4.78, 5) is 28.4.